The molecule has 5 heteroatoms. The molecule has 1 heterocycles. The van der Waals surface area contributed by atoms with Crippen LogP contribution in [0.3, 0.4) is 0 Å². The fourth-order valence-electron chi connectivity index (χ4n) is 0.690. The zero-order valence-corrected chi connectivity index (χ0v) is 7.18. The minimum absolute atomic E-state index is 0.116. The average molecular weight is 185 g/mol. The molecule has 0 unspecified atom stereocenters. The Hall–Kier alpha value is -1.36. The minimum atomic E-state index is -0.471. The van der Waals surface area contributed by atoms with E-state index in [1.807, 2.05) is 0 Å². The van der Waals surface area contributed by atoms with Crippen LogP contribution in [-0.2, 0) is 4.74 Å². The zero-order valence-electron chi connectivity index (χ0n) is 6.37. The molecule has 0 aliphatic heterocycles. The van der Waals surface area contributed by atoms with Gasteiger partial charge in [-0.05, 0) is 0 Å². The Morgan fingerprint density at radius 2 is 2.42 bits per heavy atom. The van der Waals surface area contributed by atoms with E-state index < -0.39 is 5.97 Å². The van der Waals surface area contributed by atoms with E-state index in [1.54, 1.807) is 0 Å². The van der Waals surface area contributed by atoms with Crippen LogP contribution in [-0.4, -0.2) is 18.1 Å². The summed E-state index contributed by atoms with van der Waals surface area (Å²) < 4.78 is 9.33. The third-order valence-electron chi connectivity index (χ3n) is 1.26. The smallest absolute Gasteiger partial charge is 0.341 e. The first-order chi connectivity index (χ1) is 5.65. The molecule has 0 saturated carbocycles. The Labute approximate surface area is 74.3 Å². The summed E-state index contributed by atoms with van der Waals surface area (Å²) in [7, 11) is 1.29. The maximum Gasteiger partial charge on any atom is 0.341 e. The van der Waals surface area contributed by atoms with Crippen LogP contribution in [0.1, 0.15) is 16.1 Å². The van der Waals surface area contributed by atoms with Gasteiger partial charge in [0.1, 0.15) is 11.3 Å². The lowest BCUT2D eigenvalue weighted by molar-refractivity contribution is 0.0600. The van der Waals surface area contributed by atoms with Crippen molar-refractivity contribution in [2.75, 3.05) is 7.11 Å². The summed E-state index contributed by atoms with van der Waals surface area (Å²) in [6.45, 7) is 0. The van der Waals surface area contributed by atoms with Gasteiger partial charge in [-0.2, -0.15) is 0 Å². The van der Waals surface area contributed by atoms with Gasteiger partial charge in [-0.3, -0.25) is 0 Å². The van der Waals surface area contributed by atoms with E-state index in [4.69, 9.17) is 10.2 Å². The number of ether oxygens (including phenoxy) is 1. The first kappa shape index (κ1) is 8.73. The fraction of sp³-hybridized carbons (Fsp3) is 0.143. The SMILES string of the molecule is COC(=O)c1coc(C(N)=S)c1. The highest BCUT2D eigenvalue weighted by Gasteiger charge is 2.10. The van der Waals surface area contributed by atoms with Crippen LogP contribution in [0.4, 0.5) is 0 Å². The Bertz CT molecular complexity index is 318. The van der Waals surface area contributed by atoms with E-state index in [0.717, 1.165) is 0 Å². The summed E-state index contributed by atoms with van der Waals surface area (Å²) in [5.74, 6) is -0.161. The van der Waals surface area contributed by atoms with Crippen LogP contribution < -0.4 is 5.73 Å². The topological polar surface area (TPSA) is 65.5 Å². The number of nitrogens with two attached hydrogens (primary N) is 1. The molecule has 4 nitrogen and oxygen atoms in total. The lowest BCUT2D eigenvalue weighted by Crippen LogP contribution is -2.07. The number of methoxy groups -OCH3 is 1. The summed E-state index contributed by atoms with van der Waals surface area (Å²) in [5.41, 5.74) is 5.56. The number of hydrogen-bond acceptors (Lipinski definition) is 4. The second-order valence-corrected chi connectivity index (χ2v) is 2.50. The van der Waals surface area contributed by atoms with Crippen molar-refractivity contribution in [1.82, 2.24) is 0 Å². The number of rotatable bonds is 2. The first-order valence-corrected chi connectivity index (χ1v) is 3.52. The van der Waals surface area contributed by atoms with Gasteiger partial charge in [-0.1, -0.05) is 12.2 Å². The number of carbonyl (C=O) groups is 1. The molecule has 0 aliphatic rings. The predicted molar refractivity (Wildman–Crippen MR) is 45.9 cm³/mol. The molecule has 0 radical (unpaired) electrons. The van der Waals surface area contributed by atoms with Crippen molar-refractivity contribution < 1.29 is 13.9 Å². The van der Waals surface area contributed by atoms with E-state index in [2.05, 4.69) is 17.0 Å². The number of thiocarbonyl (C=S) groups is 1. The van der Waals surface area contributed by atoms with Crippen molar-refractivity contribution in [2.45, 2.75) is 0 Å². The predicted octanol–water partition coefficient (Wildman–Crippen LogP) is 0.700. The van der Waals surface area contributed by atoms with Crippen LogP contribution >= 0.6 is 12.2 Å². The van der Waals surface area contributed by atoms with Gasteiger partial charge in [-0.25, -0.2) is 4.79 Å². The molecule has 0 aliphatic carbocycles. The summed E-state index contributed by atoms with van der Waals surface area (Å²) in [6.07, 6.45) is 1.25. The minimum Gasteiger partial charge on any atom is -0.465 e. The Kier molecular flexibility index (Phi) is 2.44. The summed E-state index contributed by atoms with van der Waals surface area (Å²) >= 11 is 4.63. The standard InChI is InChI=1S/C7H7NO3S/c1-10-7(9)4-2-5(6(8)12)11-3-4/h2-3H,1H3,(H2,8,12). The van der Waals surface area contributed by atoms with Gasteiger partial charge in [0, 0.05) is 6.07 Å². The van der Waals surface area contributed by atoms with E-state index in [9.17, 15) is 4.79 Å². The number of esters is 1. The van der Waals surface area contributed by atoms with Gasteiger partial charge in [0.05, 0.1) is 12.7 Å². The van der Waals surface area contributed by atoms with Crippen molar-refractivity contribution >= 4 is 23.2 Å². The molecule has 0 bridgehead atoms. The first-order valence-electron chi connectivity index (χ1n) is 3.12. The van der Waals surface area contributed by atoms with Gasteiger partial charge in [-0.15, -0.1) is 0 Å². The molecule has 0 atom stereocenters. The molecular weight excluding hydrogens is 178 g/mol. The van der Waals surface area contributed by atoms with Gasteiger partial charge in [0.15, 0.2) is 5.76 Å². The molecule has 1 aromatic heterocycles. The van der Waals surface area contributed by atoms with Crippen LogP contribution in [0, 0.1) is 0 Å². The second-order valence-electron chi connectivity index (χ2n) is 2.06. The van der Waals surface area contributed by atoms with Crippen LogP contribution in [0.15, 0.2) is 16.7 Å². The largest absolute Gasteiger partial charge is 0.465 e. The van der Waals surface area contributed by atoms with Crippen molar-refractivity contribution in [1.29, 1.82) is 0 Å². The van der Waals surface area contributed by atoms with E-state index in [0.29, 0.717) is 11.3 Å². The molecule has 1 aromatic rings. The van der Waals surface area contributed by atoms with Crippen molar-refractivity contribution in [3.05, 3.63) is 23.7 Å². The van der Waals surface area contributed by atoms with Gasteiger partial charge >= 0.3 is 5.97 Å². The summed E-state index contributed by atoms with van der Waals surface area (Å²) in [4.78, 5) is 11.0. The Morgan fingerprint density at radius 3 is 2.83 bits per heavy atom. The Balaban J connectivity index is 2.91. The van der Waals surface area contributed by atoms with Gasteiger partial charge in [0.2, 0.25) is 0 Å². The normalized spacial score (nSPS) is 9.42. The van der Waals surface area contributed by atoms with E-state index >= 15 is 0 Å². The maximum atomic E-state index is 10.9. The molecule has 1 rings (SSSR count). The molecular formula is C7H7NO3S. The number of carbonyl (C=O) groups excluding carboxylic acids is 1. The quantitative estimate of drug-likeness (QED) is 0.542. The van der Waals surface area contributed by atoms with Gasteiger partial charge in [0.25, 0.3) is 0 Å². The molecule has 64 valence electrons. The molecule has 12 heavy (non-hydrogen) atoms. The average Bonchev–Trinajstić information content (AvgIpc) is 2.51. The molecule has 0 aromatic carbocycles. The summed E-state index contributed by atoms with van der Waals surface area (Å²) in [6, 6.07) is 1.44. The molecule has 0 spiro atoms. The molecule has 0 saturated heterocycles. The molecule has 0 fully saturated rings. The summed E-state index contributed by atoms with van der Waals surface area (Å²) in [5, 5.41) is 0. The monoisotopic (exact) mass is 185 g/mol. The van der Waals surface area contributed by atoms with Gasteiger partial charge < -0.3 is 14.9 Å². The highest BCUT2D eigenvalue weighted by Crippen LogP contribution is 2.08. The lowest BCUT2D eigenvalue weighted by Gasteiger charge is -1.90. The molecule has 2 N–H and O–H groups in total. The number of hydrogen-bond donors (Lipinski definition) is 1. The zero-order chi connectivity index (χ0) is 9.14. The Morgan fingerprint density at radius 1 is 1.75 bits per heavy atom. The highest BCUT2D eigenvalue weighted by molar-refractivity contribution is 7.80. The third kappa shape index (κ3) is 1.62. The van der Waals surface area contributed by atoms with E-state index in [-0.39, 0.29) is 4.99 Å². The van der Waals surface area contributed by atoms with Crippen molar-refractivity contribution in [2.24, 2.45) is 5.73 Å². The van der Waals surface area contributed by atoms with Crippen LogP contribution in [0.25, 0.3) is 0 Å². The fourth-order valence-corrected chi connectivity index (χ4v) is 0.797. The van der Waals surface area contributed by atoms with Crippen LogP contribution in [0.5, 0.6) is 0 Å². The van der Waals surface area contributed by atoms with Crippen molar-refractivity contribution in [3.63, 3.8) is 0 Å². The number of furan rings is 1. The second kappa shape index (κ2) is 3.36. The highest BCUT2D eigenvalue weighted by atomic mass is 32.1. The lowest BCUT2D eigenvalue weighted by atomic mass is 10.3. The van der Waals surface area contributed by atoms with E-state index in [1.165, 1.54) is 19.4 Å². The van der Waals surface area contributed by atoms with Crippen molar-refractivity contribution in [3.8, 4) is 0 Å². The third-order valence-corrected chi connectivity index (χ3v) is 1.46. The maximum absolute atomic E-state index is 10.9. The molecule has 0 amide bonds. The van der Waals surface area contributed by atoms with Crippen LogP contribution in [0.2, 0.25) is 0 Å².